The minimum Gasteiger partial charge on any atom is -0.493 e. The number of hydrogen-bond donors (Lipinski definition) is 0. The zero-order valence-electron chi connectivity index (χ0n) is 22.2. The van der Waals surface area contributed by atoms with Crippen LogP contribution < -0.4 is 9.47 Å². The normalized spacial score (nSPS) is 12.0. The maximum Gasteiger partial charge on any atom is 0.145 e. The van der Waals surface area contributed by atoms with Crippen molar-refractivity contribution in [3.63, 3.8) is 0 Å². The average molecular weight is 468 g/mol. The lowest BCUT2D eigenvalue weighted by Crippen LogP contribution is -2.09. The number of aromatic nitrogens is 1. The number of para-hydroxylation sites is 1. The minimum atomic E-state index is 0.560. The second kappa shape index (κ2) is 18.3. The second-order valence-electron chi connectivity index (χ2n) is 9.81. The van der Waals surface area contributed by atoms with Gasteiger partial charge in [-0.15, -0.1) is 0 Å². The SMILES string of the molecule is CCCCCCCCCCCOc1cnccc1-c1ccccc1OCC(C)CCCCCC. The fraction of sp³-hybridized carbons (Fsp3) is 0.645. The molecule has 1 unspecified atom stereocenters. The van der Waals surface area contributed by atoms with E-state index in [1.807, 2.05) is 18.5 Å². The van der Waals surface area contributed by atoms with Crippen molar-refractivity contribution in [2.24, 2.45) is 5.92 Å². The van der Waals surface area contributed by atoms with E-state index in [2.05, 4.69) is 50.0 Å². The topological polar surface area (TPSA) is 31.4 Å². The molecule has 0 spiro atoms. The van der Waals surface area contributed by atoms with Crippen LogP contribution in [0.2, 0.25) is 0 Å². The van der Waals surface area contributed by atoms with Crippen molar-refractivity contribution in [2.45, 2.75) is 111 Å². The molecule has 190 valence electrons. The molecule has 0 aliphatic heterocycles. The highest BCUT2D eigenvalue weighted by Crippen LogP contribution is 2.36. The molecule has 0 amide bonds. The zero-order chi connectivity index (χ0) is 24.3. The molecule has 0 aliphatic rings. The van der Waals surface area contributed by atoms with Crippen molar-refractivity contribution in [2.75, 3.05) is 13.2 Å². The van der Waals surface area contributed by atoms with E-state index in [-0.39, 0.29) is 0 Å². The first kappa shape index (κ1) is 28.2. The summed E-state index contributed by atoms with van der Waals surface area (Å²) in [4.78, 5) is 4.32. The quantitative estimate of drug-likeness (QED) is 0.182. The van der Waals surface area contributed by atoms with E-state index in [9.17, 15) is 0 Å². The standard InChI is InChI=1S/C31H49NO2/c1-4-6-8-10-11-12-13-14-18-24-33-31-25-32-23-22-29(31)28-20-16-17-21-30(28)34-26-27(3)19-15-9-7-5-2/h16-17,20-23,25,27H,4-15,18-19,24,26H2,1-3H3. The van der Waals surface area contributed by atoms with Crippen LogP contribution in [0.1, 0.15) is 111 Å². The fourth-order valence-electron chi connectivity index (χ4n) is 4.36. The minimum absolute atomic E-state index is 0.560. The van der Waals surface area contributed by atoms with E-state index in [0.29, 0.717) is 5.92 Å². The second-order valence-corrected chi connectivity index (χ2v) is 9.81. The van der Waals surface area contributed by atoms with Gasteiger partial charge in [-0.2, -0.15) is 0 Å². The van der Waals surface area contributed by atoms with Gasteiger partial charge in [-0.25, -0.2) is 0 Å². The number of ether oxygens (including phenoxy) is 2. The first-order valence-corrected chi connectivity index (χ1v) is 14.0. The number of hydrogen-bond acceptors (Lipinski definition) is 3. The largest absolute Gasteiger partial charge is 0.493 e. The Bertz CT molecular complexity index is 761. The van der Waals surface area contributed by atoms with E-state index in [0.717, 1.165) is 42.3 Å². The van der Waals surface area contributed by atoms with Gasteiger partial charge in [0, 0.05) is 17.3 Å². The lowest BCUT2D eigenvalue weighted by molar-refractivity contribution is 0.249. The highest BCUT2D eigenvalue weighted by atomic mass is 16.5. The summed E-state index contributed by atoms with van der Waals surface area (Å²) in [5.41, 5.74) is 2.15. The Morgan fingerprint density at radius 1 is 0.676 bits per heavy atom. The zero-order valence-corrected chi connectivity index (χ0v) is 22.2. The number of rotatable bonds is 20. The van der Waals surface area contributed by atoms with Crippen LogP contribution >= 0.6 is 0 Å². The van der Waals surface area contributed by atoms with Crippen LogP contribution in [0, 0.1) is 5.92 Å². The van der Waals surface area contributed by atoms with Gasteiger partial charge in [-0.05, 0) is 30.9 Å². The predicted octanol–water partition coefficient (Wildman–Crippen LogP) is 9.64. The Balaban J connectivity index is 1.82. The fourth-order valence-corrected chi connectivity index (χ4v) is 4.36. The van der Waals surface area contributed by atoms with Crippen molar-refractivity contribution >= 4 is 0 Å². The van der Waals surface area contributed by atoms with E-state index in [4.69, 9.17) is 9.47 Å². The molecule has 1 aromatic carbocycles. The average Bonchev–Trinajstić information content (AvgIpc) is 2.87. The maximum atomic E-state index is 6.29. The Morgan fingerprint density at radius 3 is 2.03 bits per heavy atom. The summed E-state index contributed by atoms with van der Waals surface area (Å²) >= 11 is 0. The van der Waals surface area contributed by atoms with Crippen LogP contribution in [0.3, 0.4) is 0 Å². The van der Waals surface area contributed by atoms with E-state index in [1.54, 1.807) is 0 Å². The van der Waals surface area contributed by atoms with Gasteiger partial charge in [-0.3, -0.25) is 4.98 Å². The third kappa shape index (κ3) is 11.4. The summed E-state index contributed by atoms with van der Waals surface area (Å²) < 4.78 is 12.5. The van der Waals surface area contributed by atoms with Crippen LogP contribution in [-0.2, 0) is 0 Å². The molecule has 0 saturated carbocycles. The van der Waals surface area contributed by atoms with Crippen molar-refractivity contribution in [1.29, 1.82) is 0 Å². The number of pyridine rings is 1. The number of benzene rings is 1. The van der Waals surface area contributed by atoms with Gasteiger partial charge in [0.2, 0.25) is 0 Å². The third-order valence-electron chi connectivity index (χ3n) is 6.54. The highest BCUT2D eigenvalue weighted by Gasteiger charge is 2.13. The molecule has 0 radical (unpaired) electrons. The first-order valence-electron chi connectivity index (χ1n) is 14.0. The molecule has 34 heavy (non-hydrogen) atoms. The van der Waals surface area contributed by atoms with Gasteiger partial charge in [0.05, 0.1) is 19.4 Å². The molecule has 3 nitrogen and oxygen atoms in total. The van der Waals surface area contributed by atoms with E-state index >= 15 is 0 Å². The van der Waals surface area contributed by atoms with Crippen molar-refractivity contribution < 1.29 is 9.47 Å². The number of unbranched alkanes of at least 4 members (excludes halogenated alkanes) is 11. The highest BCUT2D eigenvalue weighted by molar-refractivity contribution is 5.75. The van der Waals surface area contributed by atoms with Crippen molar-refractivity contribution in [3.05, 3.63) is 42.7 Å². The molecule has 1 heterocycles. The van der Waals surface area contributed by atoms with Gasteiger partial charge in [0.25, 0.3) is 0 Å². The molecular weight excluding hydrogens is 418 g/mol. The molecule has 0 bridgehead atoms. The summed E-state index contributed by atoms with van der Waals surface area (Å²) in [6, 6.07) is 10.4. The van der Waals surface area contributed by atoms with Gasteiger partial charge < -0.3 is 9.47 Å². The monoisotopic (exact) mass is 467 g/mol. The van der Waals surface area contributed by atoms with Crippen molar-refractivity contribution in [3.8, 4) is 22.6 Å². The summed E-state index contributed by atoms with van der Waals surface area (Å²) in [5, 5.41) is 0. The van der Waals surface area contributed by atoms with Gasteiger partial charge >= 0.3 is 0 Å². The van der Waals surface area contributed by atoms with Gasteiger partial charge in [0.1, 0.15) is 11.5 Å². The Morgan fingerprint density at radius 2 is 1.29 bits per heavy atom. The molecule has 3 heteroatoms. The van der Waals surface area contributed by atoms with Crippen LogP contribution in [0.15, 0.2) is 42.7 Å². The lowest BCUT2D eigenvalue weighted by Gasteiger charge is -2.17. The summed E-state index contributed by atoms with van der Waals surface area (Å²) in [6.07, 6.45) is 22.0. The Hall–Kier alpha value is -2.03. The smallest absolute Gasteiger partial charge is 0.145 e. The van der Waals surface area contributed by atoms with Crippen LogP contribution in [-0.4, -0.2) is 18.2 Å². The Kier molecular flexibility index (Phi) is 15.2. The van der Waals surface area contributed by atoms with Crippen LogP contribution in [0.25, 0.3) is 11.1 Å². The molecule has 2 rings (SSSR count). The van der Waals surface area contributed by atoms with Gasteiger partial charge in [-0.1, -0.05) is 116 Å². The molecule has 0 saturated heterocycles. The van der Waals surface area contributed by atoms with E-state index in [1.165, 1.54) is 83.5 Å². The summed E-state index contributed by atoms with van der Waals surface area (Å²) in [6.45, 7) is 8.32. The maximum absolute atomic E-state index is 6.29. The molecule has 0 N–H and O–H groups in total. The van der Waals surface area contributed by atoms with Gasteiger partial charge in [0.15, 0.2) is 0 Å². The molecule has 2 aromatic rings. The molecular formula is C31H49NO2. The molecule has 1 aromatic heterocycles. The lowest BCUT2D eigenvalue weighted by atomic mass is 10.0. The Labute approximate surface area is 209 Å². The third-order valence-corrected chi connectivity index (χ3v) is 6.54. The van der Waals surface area contributed by atoms with Crippen LogP contribution in [0.5, 0.6) is 11.5 Å². The molecule has 0 fully saturated rings. The first-order chi connectivity index (χ1) is 16.8. The number of nitrogens with zero attached hydrogens (tertiary/aromatic N) is 1. The predicted molar refractivity (Wildman–Crippen MR) is 146 cm³/mol. The van der Waals surface area contributed by atoms with Crippen molar-refractivity contribution in [1.82, 2.24) is 4.98 Å². The summed E-state index contributed by atoms with van der Waals surface area (Å²) in [5.74, 6) is 2.34. The van der Waals surface area contributed by atoms with Crippen LogP contribution in [0.4, 0.5) is 0 Å². The molecule has 0 aliphatic carbocycles. The van der Waals surface area contributed by atoms with E-state index < -0.39 is 0 Å². The molecule has 1 atom stereocenters. The summed E-state index contributed by atoms with van der Waals surface area (Å²) in [7, 11) is 0.